The van der Waals surface area contributed by atoms with Crippen LogP contribution in [-0.2, 0) is 6.42 Å². The molecule has 0 aliphatic carbocycles. The lowest BCUT2D eigenvalue weighted by molar-refractivity contribution is 0.0954. The van der Waals surface area contributed by atoms with E-state index in [-0.39, 0.29) is 5.91 Å². The third-order valence-electron chi connectivity index (χ3n) is 3.34. The van der Waals surface area contributed by atoms with Gasteiger partial charge in [-0.05, 0) is 36.2 Å². The Morgan fingerprint density at radius 3 is 2.86 bits per heavy atom. The van der Waals surface area contributed by atoms with E-state index in [1.807, 2.05) is 36.4 Å². The molecular formula is C16H16N4O. The zero-order valence-corrected chi connectivity index (χ0v) is 11.5. The summed E-state index contributed by atoms with van der Waals surface area (Å²) in [5.74, 6) is -0.110. The molecule has 1 amide bonds. The van der Waals surface area contributed by atoms with E-state index in [2.05, 4.69) is 15.3 Å². The summed E-state index contributed by atoms with van der Waals surface area (Å²) < 4.78 is 0. The van der Waals surface area contributed by atoms with Gasteiger partial charge in [0.2, 0.25) is 0 Å². The lowest BCUT2D eigenvalue weighted by Gasteiger charge is -2.05. The summed E-state index contributed by atoms with van der Waals surface area (Å²) in [6, 6.07) is 11.4. The molecule has 0 aliphatic rings. The van der Waals surface area contributed by atoms with Crippen molar-refractivity contribution in [3.8, 4) is 0 Å². The largest absolute Gasteiger partial charge is 0.399 e. The van der Waals surface area contributed by atoms with Gasteiger partial charge in [0, 0.05) is 30.0 Å². The van der Waals surface area contributed by atoms with Gasteiger partial charge in [-0.15, -0.1) is 0 Å². The first-order chi connectivity index (χ1) is 10.2. The number of nitrogens with two attached hydrogens (primary N) is 1. The Balaban J connectivity index is 1.59. The van der Waals surface area contributed by atoms with Crippen molar-refractivity contribution in [2.45, 2.75) is 6.42 Å². The third kappa shape index (κ3) is 3.02. The van der Waals surface area contributed by atoms with E-state index in [0.29, 0.717) is 12.1 Å². The third-order valence-corrected chi connectivity index (χ3v) is 3.34. The van der Waals surface area contributed by atoms with Crippen LogP contribution in [0.1, 0.15) is 15.9 Å². The van der Waals surface area contributed by atoms with Gasteiger partial charge < -0.3 is 16.0 Å². The second kappa shape index (κ2) is 5.66. The first-order valence-electron chi connectivity index (χ1n) is 6.78. The van der Waals surface area contributed by atoms with E-state index in [1.54, 1.807) is 12.4 Å². The van der Waals surface area contributed by atoms with Crippen molar-refractivity contribution in [1.82, 2.24) is 15.3 Å². The molecule has 0 unspecified atom stereocenters. The molecule has 5 heteroatoms. The maximum absolute atomic E-state index is 12.1. The fourth-order valence-corrected chi connectivity index (χ4v) is 2.17. The van der Waals surface area contributed by atoms with Crippen LogP contribution in [0.25, 0.3) is 11.0 Å². The number of carbonyl (C=O) groups excluding carboxylic acids is 1. The number of fused-ring (bicyclic) bond motifs is 1. The van der Waals surface area contributed by atoms with Gasteiger partial charge in [0.15, 0.2) is 0 Å². The van der Waals surface area contributed by atoms with Gasteiger partial charge in [0.05, 0.1) is 5.56 Å². The average Bonchev–Trinajstić information content (AvgIpc) is 2.96. The van der Waals surface area contributed by atoms with Crippen molar-refractivity contribution in [1.29, 1.82) is 0 Å². The number of pyridine rings is 1. The van der Waals surface area contributed by atoms with E-state index < -0.39 is 0 Å². The zero-order chi connectivity index (χ0) is 14.7. The predicted molar refractivity (Wildman–Crippen MR) is 83.0 cm³/mol. The van der Waals surface area contributed by atoms with E-state index in [9.17, 15) is 4.79 Å². The Hall–Kier alpha value is -2.82. The highest BCUT2D eigenvalue weighted by molar-refractivity contribution is 5.96. The van der Waals surface area contributed by atoms with Gasteiger partial charge in [-0.2, -0.15) is 0 Å². The Kier molecular flexibility index (Phi) is 3.55. The number of rotatable bonds is 4. The molecule has 0 atom stereocenters. The van der Waals surface area contributed by atoms with Gasteiger partial charge in [0.1, 0.15) is 5.65 Å². The molecule has 21 heavy (non-hydrogen) atoms. The minimum atomic E-state index is -0.110. The SMILES string of the molecule is Nc1ccc(CCNC(=O)c2cnc3[nH]ccc3c2)cc1. The number of nitrogen functional groups attached to an aromatic ring is 1. The molecule has 2 heterocycles. The maximum Gasteiger partial charge on any atom is 0.252 e. The van der Waals surface area contributed by atoms with Crippen molar-refractivity contribution >= 4 is 22.6 Å². The number of carbonyl (C=O) groups is 1. The molecule has 0 bridgehead atoms. The minimum absolute atomic E-state index is 0.110. The zero-order valence-electron chi connectivity index (χ0n) is 11.5. The fourth-order valence-electron chi connectivity index (χ4n) is 2.17. The summed E-state index contributed by atoms with van der Waals surface area (Å²) in [7, 11) is 0. The number of anilines is 1. The lowest BCUT2D eigenvalue weighted by Crippen LogP contribution is -2.25. The van der Waals surface area contributed by atoms with Crippen LogP contribution in [0.2, 0.25) is 0 Å². The van der Waals surface area contributed by atoms with Gasteiger partial charge in [-0.25, -0.2) is 4.98 Å². The molecule has 0 radical (unpaired) electrons. The molecule has 0 fully saturated rings. The number of benzene rings is 1. The molecule has 3 rings (SSSR count). The second-order valence-corrected chi connectivity index (χ2v) is 4.89. The molecule has 3 aromatic rings. The summed E-state index contributed by atoms with van der Waals surface area (Å²) >= 11 is 0. The summed E-state index contributed by atoms with van der Waals surface area (Å²) in [5.41, 5.74) is 8.88. The van der Waals surface area contributed by atoms with Gasteiger partial charge in [0.25, 0.3) is 5.91 Å². The van der Waals surface area contributed by atoms with Crippen LogP contribution in [-0.4, -0.2) is 22.4 Å². The van der Waals surface area contributed by atoms with Crippen LogP contribution in [0, 0.1) is 0 Å². The Morgan fingerprint density at radius 1 is 1.24 bits per heavy atom. The number of nitrogens with one attached hydrogen (secondary N) is 2. The van der Waals surface area contributed by atoms with Crippen LogP contribution in [0.3, 0.4) is 0 Å². The Labute approximate surface area is 122 Å². The van der Waals surface area contributed by atoms with Crippen molar-refractivity contribution in [2.75, 3.05) is 12.3 Å². The molecule has 4 N–H and O–H groups in total. The van der Waals surface area contributed by atoms with E-state index >= 15 is 0 Å². The average molecular weight is 280 g/mol. The molecule has 0 spiro atoms. The second-order valence-electron chi connectivity index (χ2n) is 4.89. The summed E-state index contributed by atoms with van der Waals surface area (Å²) in [4.78, 5) is 19.3. The molecule has 106 valence electrons. The summed E-state index contributed by atoms with van der Waals surface area (Å²) in [5, 5.41) is 3.83. The topological polar surface area (TPSA) is 83.8 Å². The van der Waals surface area contributed by atoms with Crippen LogP contribution < -0.4 is 11.1 Å². The van der Waals surface area contributed by atoms with Crippen molar-refractivity contribution in [3.05, 3.63) is 59.9 Å². The number of hydrogen-bond donors (Lipinski definition) is 3. The quantitative estimate of drug-likeness (QED) is 0.640. The number of amides is 1. The fraction of sp³-hybridized carbons (Fsp3) is 0.125. The molecule has 0 aliphatic heterocycles. The highest BCUT2D eigenvalue weighted by Crippen LogP contribution is 2.11. The van der Waals surface area contributed by atoms with Gasteiger partial charge in [-0.1, -0.05) is 12.1 Å². The molecule has 1 aromatic carbocycles. The van der Waals surface area contributed by atoms with Crippen molar-refractivity contribution in [2.24, 2.45) is 0 Å². The molecule has 0 saturated heterocycles. The predicted octanol–water partition coefficient (Wildman–Crippen LogP) is 2.12. The number of nitrogens with zero attached hydrogens (tertiary/aromatic N) is 1. The van der Waals surface area contributed by atoms with Gasteiger partial charge in [-0.3, -0.25) is 4.79 Å². The number of aromatic nitrogens is 2. The van der Waals surface area contributed by atoms with Crippen molar-refractivity contribution in [3.63, 3.8) is 0 Å². The standard InChI is InChI=1S/C16H16N4O/c17-14-3-1-11(2-4-14)5-7-19-16(21)13-9-12-6-8-18-15(12)20-10-13/h1-4,6,8-10H,5,7,17H2,(H,18,20)(H,19,21). The molecular weight excluding hydrogens is 264 g/mol. The monoisotopic (exact) mass is 280 g/mol. The Bertz CT molecular complexity index is 761. The molecule has 5 nitrogen and oxygen atoms in total. The number of aromatic amines is 1. The maximum atomic E-state index is 12.1. The van der Waals surface area contributed by atoms with Crippen LogP contribution in [0.4, 0.5) is 5.69 Å². The Morgan fingerprint density at radius 2 is 2.05 bits per heavy atom. The van der Waals surface area contributed by atoms with E-state index in [1.165, 1.54) is 0 Å². The molecule has 0 saturated carbocycles. The summed E-state index contributed by atoms with van der Waals surface area (Å²) in [6.07, 6.45) is 4.16. The van der Waals surface area contributed by atoms with Crippen LogP contribution >= 0.6 is 0 Å². The summed E-state index contributed by atoms with van der Waals surface area (Å²) in [6.45, 7) is 0.577. The lowest BCUT2D eigenvalue weighted by atomic mass is 10.1. The van der Waals surface area contributed by atoms with Crippen molar-refractivity contribution < 1.29 is 4.79 Å². The van der Waals surface area contributed by atoms with E-state index in [4.69, 9.17) is 5.73 Å². The highest BCUT2D eigenvalue weighted by Gasteiger charge is 2.07. The van der Waals surface area contributed by atoms with Crippen LogP contribution in [0.5, 0.6) is 0 Å². The first kappa shape index (κ1) is 13.2. The van der Waals surface area contributed by atoms with E-state index in [0.717, 1.165) is 28.7 Å². The van der Waals surface area contributed by atoms with Crippen LogP contribution in [0.15, 0.2) is 48.8 Å². The smallest absolute Gasteiger partial charge is 0.252 e. The molecule has 2 aromatic heterocycles. The van der Waals surface area contributed by atoms with Gasteiger partial charge >= 0.3 is 0 Å². The minimum Gasteiger partial charge on any atom is -0.399 e. The normalized spacial score (nSPS) is 10.7. The highest BCUT2D eigenvalue weighted by atomic mass is 16.1. The first-order valence-corrected chi connectivity index (χ1v) is 6.78. The number of hydrogen-bond acceptors (Lipinski definition) is 3. The number of H-pyrrole nitrogens is 1.